The molecule has 2 aromatic carbocycles. The molecular formula is C19H14N2O3. The molecular weight excluding hydrogens is 304 g/mol. The van der Waals surface area contributed by atoms with Crippen molar-refractivity contribution in [2.75, 3.05) is 0 Å². The van der Waals surface area contributed by atoms with Crippen molar-refractivity contribution in [3.8, 4) is 11.5 Å². The molecule has 0 bridgehead atoms. The van der Waals surface area contributed by atoms with E-state index in [1.807, 2.05) is 50.2 Å². The van der Waals surface area contributed by atoms with E-state index in [4.69, 9.17) is 4.52 Å². The van der Waals surface area contributed by atoms with Gasteiger partial charge in [0.2, 0.25) is 0 Å². The second-order valence-corrected chi connectivity index (χ2v) is 5.81. The van der Waals surface area contributed by atoms with Crippen molar-refractivity contribution in [3.05, 3.63) is 59.2 Å². The predicted octanol–water partition coefficient (Wildman–Crippen LogP) is 4.36. The number of aromatic carboxylic acids is 1. The van der Waals surface area contributed by atoms with Gasteiger partial charge in [-0.05, 0) is 43.2 Å². The lowest BCUT2D eigenvalue weighted by Gasteiger charge is -2.10. The first-order valence-corrected chi connectivity index (χ1v) is 7.55. The number of fused-ring (bicyclic) bond motifs is 2. The summed E-state index contributed by atoms with van der Waals surface area (Å²) in [5, 5.41) is 15.2. The van der Waals surface area contributed by atoms with E-state index in [1.54, 1.807) is 6.07 Å². The van der Waals surface area contributed by atoms with Gasteiger partial charge in [0.15, 0.2) is 5.76 Å². The van der Waals surface area contributed by atoms with Gasteiger partial charge in [0.1, 0.15) is 11.2 Å². The van der Waals surface area contributed by atoms with Crippen molar-refractivity contribution >= 4 is 27.8 Å². The molecule has 0 aliphatic carbocycles. The molecule has 0 aliphatic heterocycles. The SMILES string of the molecule is Cc1ccc(C)c2c(C(=O)O)cc(-c3onc4ccccc34)nc12. The Hall–Kier alpha value is -3.21. The van der Waals surface area contributed by atoms with E-state index in [0.717, 1.165) is 16.5 Å². The molecule has 1 N–H and O–H groups in total. The predicted molar refractivity (Wildman–Crippen MR) is 91.2 cm³/mol. The van der Waals surface area contributed by atoms with Crippen LogP contribution in [0.1, 0.15) is 21.5 Å². The summed E-state index contributed by atoms with van der Waals surface area (Å²) in [6.45, 7) is 3.81. The van der Waals surface area contributed by atoms with Crippen LogP contribution in [0.3, 0.4) is 0 Å². The minimum atomic E-state index is -0.985. The maximum absolute atomic E-state index is 11.8. The lowest BCUT2D eigenvalue weighted by molar-refractivity contribution is 0.0699. The van der Waals surface area contributed by atoms with E-state index in [-0.39, 0.29) is 5.56 Å². The van der Waals surface area contributed by atoms with Gasteiger partial charge < -0.3 is 9.63 Å². The fourth-order valence-corrected chi connectivity index (χ4v) is 3.00. The molecule has 5 nitrogen and oxygen atoms in total. The zero-order valence-corrected chi connectivity index (χ0v) is 13.2. The highest BCUT2D eigenvalue weighted by atomic mass is 16.5. The molecule has 0 fully saturated rings. The van der Waals surface area contributed by atoms with Gasteiger partial charge in [0.25, 0.3) is 0 Å². The Kier molecular flexibility index (Phi) is 3.09. The molecule has 2 heterocycles. The maximum atomic E-state index is 11.8. The summed E-state index contributed by atoms with van der Waals surface area (Å²) in [5.74, 6) is -0.503. The van der Waals surface area contributed by atoms with Gasteiger partial charge in [0.05, 0.1) is 16.5 Å². The number of aromatic nitrogens is 2. The van der Waals surface area contributed by atoms with Crippen LogP contribution in [0.5, 0.6) is 0 Å². The van der Waals surface area contributed by atoms with Crippen LogP contribution in [0.25, 0.3) is 33.3 Å². The van der Waals surface area contributed by atoms with Crippen LogP contribution < -0.4 is 0 Å². The van der Waals surface area contributed by atoms with Crippen LogP contribution in [-0.2, 0) is 0 Å². The summed E-state index contributed by atoms with van der Waals surface area (Å²) in [5.41, 5.74) is 3.88. The molecule has 0 radical (unpaired) electrons. The number of carboxylic acids is 1. The summed E-state index contributed by atoms with van der Waals surface area (Å²) in [4.78, 5) is 16.5. The fourth-order valence-electron chi connectivity index (χ4n) is 3.00. The minimum Gasteiger partial charge on any atom is -0.478 e. The first-order chi connectivity index (χ1) is 11.6. The molecule has 2 aromatic heterocycles. The van der Waals surface area contributed by atoms with Crippen LogP contribution in [0.2, 0.25) is 0 Å². The van der Waals surface area contributed by atoms with Crippen LogP contribution >= 0.6 is 0 Å². The second-order valence-electron chi connectivity index (χ2n) is 5.81. The summed E-state index contributed by atoms with van der Waals surface area (Å²) in [7, 11) is 0. The van der Waals surface area contributed by atoms with Gasteiger partial charge in [-0.15, -0.1) is 0 Å². The number of benzene rings is 2. The van der Waals surface area contributed by atoms with E-state index < -0.39 is 5.97 Å². The number of carbonyl (C=O) groups is 1. The number of pyridine rings is 1. The van der Waals surface area contributed by atoms with Crippen molar-refractivity contribution in [3.63, 3.8) is 0 Å². The number of nitrogens with zero attached hydrogens (tertiary/aromatic N) is 2. The first-order valence-electron chi connectivity index (χ1n) is 7.55. The smallest absolute Gasteiger partial charge is 0.336 e. The Morgan fingerprint density at radius 2 is 1.83 bits per heavy atom. The Balaban J connectivity index is 2.11. The van der Waals surface area contributed by atoms with E-state index in [2.05, 4.69) is 10.1 Å². The van der Waals surface area contributed by atoms with Crippen molar-refractivity contribution < 1.29 is 14.4 Å². The molecule has 0 saturated heterocycles. The standard InChI is InChI=1S/C19H14N2O3/c1-10-7-8-11(2)17-16(10)13(19(22)23)9-15(20-17)18-12-5-3-4-6-14(12)21-24-18/h3-9H,1-2H3,(H,22,23). The van der Waals surface area contributed by atoms with Gasteiger partial charge >= 0.3 is 5.97 Å². The lowest BCUT2D eigenvalue weighted by atomic mass is 9.99. The molecule has 24 heavy (non-hydrogen) atoms. The monoisotopic (exact) mass is 318 g/mol. The number of carboxylic acid groups (broad SMARTS) is 1. The number of hydrogen-bond acceptors (Lipinski definition) is 4. The molecule has 4 rings (SSSR count). The van der Waals surface area contributed by atoms with Gasteiger partial charge in [-0.1, -0.05) is 29.4 Å². The van der Waals surface area contributed by atoms with Crippen molar-refractivity contribution in [2.24, 2.45) is 0 Å². The Labute approximate surface area is 137 Å². The van der Waals surface area contributed by atoms with Gasteiger partial charge in [-0.2, -0.15) is 0 Å². The highest BCUT2D eigenvalue weighted by Crippen LogP contribution is 2.32. The Morgan fingerprint density at radius 1 is 1.08 bits per heavy atom. The van der Waals surface area contributed by atoms with Gasteiger partial charge in [0, 0.05) is 5.39 Å². The molecule has 0 unspecified atom stereocenters. The Morgan fingerprint density at radius 3 is 2.62 bits per heavy atom. The maximum Gasteiger partial charge on any atom is 0.336 e. The highest BCUT2D eigenvalue weighted by Gasteiger charge is 2.19. The van der Waals surface area contributed by atoms with Crippen molar-refractivity contribution in [1.29, 1.82) is 0 Å². The van der Waals surface area contributed by atoms with E-state index in [0.29, 0.717) is 27.9 Å². The highest BCUT2D eigenvalue weighted by molar-refractivity contribution is 6.06. The van der Waals surface area contributed by atoms with E-state index in [9.17, 15) is 9.90 Å². The van der Waals surface area contributed by atoms with E-state index >= 15 is 0 Å². The third-order valence-corrected chi connectivity index (χ3v) is 4.22. The largest absolute Gasteiger partial charge is 0.478 e. The van der Waals surface area contributed by atoms with Crippen LogP contribution in [0.4, 0.5) is 0 Å². The zero-order chi connectivity index (χ0) is 16.8. The molecule has 0 saturated carbocycles. The van der Waals surface area contributed by atoms with Crippen LogP contribution in [0, 0.1) is 13.8 Å². The van der Waals surface area contributed by atoms with Gasteiger partial charge in [-0.3, -0.25) is 0 Å². The molecule has 118 valence electrons. The average Bonchev–Trinajstić information content (AvgIpc) is 3.01. The average molecular weight is 318 g/mol. The second kappa shape index (κ2) is 5.16. The quantitative estimate of drug-likeness (QED) is 0.594. The molecule has 0 amide bonds. The third kappa shape index (κ3) is 2.06. The van der Waals surface area contributed by atoms with Gasteiger partial charge in [-0.25, -0.2) is 9.78 Å². The summed E-state index contributed by atoms with van der Waals surface area (Å²) < 4.78 is 5.45. The fraction of sp³-hybridized carbons (Fsp3) is 0.105. The Bertz CT molecular complexity index is 1110. The normalized spacial score (nSPS) is 11.2. The molecule has 0 atom stereocenters. The summed E-state index contributed by atoms with van der Waals surface area (Å²) in [6.07, 6.45) is 0. The van der Waals surface area contributed by atoms with Crippen molar-refractivity contribution in [1.82, 2.24) is 10.1 Å². The topological polar surface area (TPSA) is 76.2 Å². The zero-order valence-electron chi connectivity index (χ0n) is 13.2. The van der Waals surface area contributed by atoms with E-state index in [1.165, 1.54) is 0 Å². The van der Waals surface area contributed by atoms with Crippen LogP contribution in [-0.4, -0.2) is 21.2 Å². The lowest BCUT2D eigenvalue weighted by Crippen LogP contribution is -2.02. The third-order valence-electron chi connectivity index (χ3n) is 4.22. The molecule has 0 spiro atoms. The number of aryl methyl sites for hydroxylation is 2. The molecule has 5 heteroatoms. The first kappa shape index (κ1) is 14.4. The van der Waals surface area contributed by atoms with Crippen molar-refractivity contribution in [2.45, 2.75) is 13.8 Å². The molecule has 4 aromatic rings. The number of rotatable bonds is 2. The number of hydrogen-bond donors (Lipinski definition) is 1. The summed E-state index contributed by atoms with van der Waals surface area (Å²) >= 11 is 0. The summed E-state index contributed by atoms with van der Waals surface area (Å²) in [6, 6.07) is 12.9. The minimum absolute atomic E-state index is 0.219. The molecule has 0 aliphatic rings. The van der Waals surface area contributed by atoms with Crippen LogP contribution in [0.15, 0.2) is 47.0 Å².